The van der Waals surface area contributed by atoms with Crippen LogP contribution in [0.1, 0.15) is 31.0 Å². The number of hydrogen-bond donors (Lipinski definition) is 0. The summed E-state index contributed by atoms with van der Waals surface area (Å²) in [6.07, 6.45) is 1.56. The van der Waals surface area contributed by atoms with E-state index in [1.165, 1.54) is 22.8 Å². The first-order chi connectivity index (χ1) is 19.2. The predicted molar refractivity (Wildman–Crippen MR) is 153 cm³/mol. The highest BCUT2D eigenvalue weighted by molar-refractivity contribution is 7.87. The van der Waals surface area contributed by atoms with Gasteiger partial charge in [-0.1, -0.05) is 71.5 Å². The Morgan fingerprint density at radius 2 is 1.73 bits per heavy atom. The molecule has 0 fully saturated rings. The van der Waals surface area contributed by atoms with Crippen LogP contribution in [0.2, 0.25) is 5.02 Å². The highest BCUT2D eigenvalue weighted by atomic mass is 35.5. The number of hydrogen-bond acceptors (Lipinski definition) is 8. The molecule has 5 rings (SSSR count). The van der Waals surface area contributed by atoms with Gasteiger partial charge in [-0.15, -0.1) is 0 Å². The third kappa shape index (κ3) is 5.38. The summed E-state index contributed by atoms with van der Waals surface area (Å²) in [5.41, 5.74) is 1.33. The lowest BCUT2D eigenvalue weighted by molar-refractivity contribution is -0.139. The quantitative estimate of drug-likeness (QED) is 0.234. The summed E-state index contributed by atoms with van der Waals surface area (Å²) in [5.74, 6) is -0.502. The second-order valence-corrected chi connectivity index (χ2v) is 11.7. The van der Waals surface area contributed by atoms with Crippen LogP contribution in [0.3, 0.4) is 0 Å². The SMILES string of the molecule is CCOC(=O)C1=C(C)N=c2sc(=Cc3ccccc3OS(=O)(=O)c3ccccc3)c(=O)n2[C@@H]1c1ccc(Cl)cc1. The zero-order valence-corrected chi connectivity index (χ0v) is 23.8. The van der Waals surface area contributed by atoms with Gasteiger partial charge in [0.15, 0.2) is 4.80 Å². The Morgan fingerprint density at radius 3 is 2.42 bits per heavy atom. The molecule has 0 saturated heterocycles. The van der Waals surface area contributed by atoms with Crippen molar-refractivity contribution in [3.63, 3.8) is 0 Å². The number of ether oxygens (including phenoxy) is 1. The molecule has 0 saturated carbocycles. The standard InChI is InChI=1S/C29H23ClN2O6S2/c1-3-37-28(34)25-18(2)31-29-32(26(25)19-13-15-21(30)16-14-19)27(33)24(39-29)17-20-9-7-8-12-23(20)38-40(35,36)22-10-5-4-6-11-22/h4-17,26H,3H2,1-2H3/t26-/m1/s1. The minimum atomic E-state index is -4.11. The number of carbonyl (C=O) groups excluding carboxylic acids is 1. The minimum absolute atomic E-state index is 0.00844. The maximum absolute atomic E-state index is 13.8. The van der Waals surface area contributed by atoms with E-state index in [2.05, 4.69) is 4.99 Å². The highest BCUT2D eigenvalue weighted by Crippen LogP contribution is 2.31. The summed E-state index contributed by atoms with van der Waals surface area (Å²) in [6.45, 7) is 3.57. The fourth-order valence-corrected chi connectivity index (χ4v) is 6.46. The van der Waals surface area contributed by atoms with Gasteiger partial charge < -0.3 is 8.92 Å². The highest BCUT2D eigenvalue weighted by Gasteiger charge is 2.33. The number of fused-ring (bicyclic) bond motifs is 1. The van der Waals surface area contributed by atoms with Crippen LogP contribution in [0.4, 0.5) is 0 Å². The molecule has 1 atom stereocenters. The molecule has 40 heavy (non-hydrogen) atoms. The molecule has 8 nitrogen and oxygen atoms in total. The molecular weight excluding hydrogens is 572 g/mol. The van der Waals surface area contributed by atoms with Gasteiger partial charge in [0.25, 0.3) is 5.56 Å². The second-order valence-electron chi connectivity index (χ2n) is 8.74. The van der Waals surface area contributed by atoms with Crippen molar-refractivity contribution < 1.29 is 22.1 Å². The van der Waals surface area contributed by atoms with E-state index in [-0.39, 0.29) is 27.4 Å². The number of rotatable bonds is 7. The number of benzene rings is 3. The van der Waals surface area contributed by atoms with Gasteiger partial charge >= 0.3 is 16.1 Å². The molecule has 1 aliphatic rings. The van der Waals surface area contributed by atoms with Crippen molar-refractivity contribution >= 4 is 45.1 Å². The fraction of sp³-hybridized carbons (Fsp3) is 0.138. The van der Waals surface area contributed by atoms with E-state index in [0.29, 0.717) is 26.6 Å². The Bertz CT molecular complexity index is 1910. The molecule has 0 radical (unpaired) electrons. The van der Waals surface area contributed by atoms with Crippen molar-refractivity contribution in [1.82, 2.24) is 4.57 Å². The molecule has 1 aliphatic heterocycles. The maximum Gasteiger partial charge on any atom is 0.339 e. The number of aromatic nitrogens is 1. The van der Waals surface area contributed by atoms with Gasteiger partial charge in [-0.2, -0.15) is 8.42 Å². The van der Waals surface area contributed by atoms with Crippen molar-refractivity contribution in [3.8, 4) is 5.75 Å². The summed E-state index contributed by atoms with van der Waals surface area (Å²) < 4.78 is 38.2. The number of nitrogens with zero attached hydrogens (tertiary/aromatic N) is 2. The van der Waals surface area contributed by atoms with Crippen LogP contribution in [0.15, 0.2) is 105 Å². The van der Waals surface area contributed by atoms with Crippen LogP contribution < -0.4 is 19.1 Å². The molecule has 204 valence electrons. The Kier molecular flexibility index (Phi) is 7.75. The van der Waals surface area contributed by atoms with E-state index in [4.69, 9.17) is 20.5 Å². The molecule has 0 aliphatic carbocycles. The number of carbonyl (C=O) groups is 1. The molecule has 1 aromatic heterocycles. The molecule has 0 amide bonds. The second kappa shape index (κ2) is 11.2. The molecule has 2 heterocycles. The summed E-state index contributed by atoms with van der Waals surface area (Å²) in [6, 6.07) is 20.4. The summed E-state index contributed by atoms with van der Waals surface area (Å²) in [5, 5.41) is 0.511. The predicted octanol–water partition coefficient (Wildman–Crippen LogP) is 4.22. The van der Waals surface area contributed by atoms with Crippen molar-refractivity contribution in [1.29, 1.82) is 0 Å². The fourth-order valence-electron chi connectivity index (χ4n) is 4.32. The molecule has 3 aromatic carbocycles. The van der Waals surface area contributed by atoms with Gasteiger partial charge in [0.05, 0.1) is 28.5 Å². The van der Waals surface area contributed by atoms with Gasteiger partial charge in [-0.3, -0.25) is 9.36 Å². The third-order valence-corrected chi connectivity index (χ3v) is 8.62. The van der Waals surface area contributed by atoms with Crippen molar-refractivity contribution in [2.24, 2.45) is 4.99 Å². The van der Waals surface area contributed by atoms with E-state index in [1.54, 1.807) is 80.6 Å². The van der Waals surface area contributed by atoms with Crippen molar-refractivity contribution in [2.45, 2.75) is 24.8 Å². The van der Waals surface area contributed by atoms with Crippen LogP contribution in [0.5, 0.6) is 5.75 Å². The zero-order valence-electron chi connectivity index (χ0n) is 21.4. The normalized spacial score (nSPS) is 15.4. The zero-order chi connectivity index (χ0) is 28.4. The van der Waals surface area contributed by atoms with Gasteiger partial charge in [0.1, 0.15) is 10.6 Å². The third-order valence-electron chi connectivity index (χ3n) is 6.14. The molecule has 0 unspecified atom stereocenters. The van der Waals surface area contributed by atoms with Crippen LogP contribution >= 0.6 is 22.9 Å². The number of thiazole rings is 1. The van der Waals surface area contributed by atoms with Crippen LogP contribution in [0.25, 0.3) is 6.08 Å². The first kappa shape index (κ1) is 27.6. The van der Waals surface area contributed by atoms with E-state index in [1.807, 2.05) is 0 Å². The van der Waals surface area contributed by atoms with Gasteiger partial charge in [0.2, 0.25) is 0 Å². The average Bonchev–Trinajstić information content (AvgIpc) is 3.24. The van der Waals surface area contributed by atoms with E-state index < -0.39 is 27.7 Å². The molecule has 0 bridgehead atoms. The maximum atomic E-state index is 13.8. The Balaban J connectivity index is 1.65. The first-order valence-electron chi connectivity index (χ1n) is 12.2. The molecule has 0 N–H and O–H groups in total. The van der Waals surface area contributed by atoms with Crippen molar-refractivity contribution in [2.75, 3.05) is 6.61 Å². The van der Waals surface area contributed by atoms with E-state index in [9.17, 15) is 18.0 Å². The lowest BCUT2D eigenvalue weighted by Crippen LogP contribution is -2.39. The minimum Gasteiger partial charge on any atom is -0.463 e. The number of para-hydroxylation sites is 1. The topological polar surface area (TPSA) is 104 Å². The number of halogens is 1. The first-order valence-corrected chi connectivity index (χ1v) is 14.8. The monoisotopic (exact) mass is 594 g/mol. The van der Waals surface area contributed by atoms with E-state index in [0.717, 1.165) is 11.3 Å². The van der Waals surface area contributed by atoms with Crippen LogP contribution in [-0.2, 0) is 19.6 Å². The molecular formula is C29H23ClN2O6S2. The molecule has 4 aromatic rings. The van der Waals surface area contributed by atoms with Gasteiger partial charge in [-0.05, 0) is 55.8 Å². The number of esters is 1. The Labute approximate surface area is 239 Å². The summed E-state index contributed by atoms with van der Waals surface area (Å²) >= 11 is 7.23. The Morgan fingerprint density at radius 1 is 1.05 bits per heavy atom. The summed E-state index contributed by atoms with van der Waals surface area (Å²) in [7, 11) is -4.11. The average molecular weight is 595 g/mol. The number of allylic oxidation sites excluding steroid dienone is 1. The lowest BCUT2D eigenvalue weighted by Gasteiger charge is -2.24. The smallest absolute Gasteiger partial charge is 0.339 e. The lowest BCUT2D eigenvalue weighted by atomic mass is 9.96. The molecule has 0 spiro atoms. The van der Waals surface area contributed by atoms with Gasteiger partial charge in [0, 0.05) is 10.6 Å². The van der Waals surface area contributed by atoms with Crippen LogP contribution in [-0.4, -0.2) is 25.6 Å². The van der Waals surface area contributed by atoms with Gasteiger partial charge in [-0.25, -0.2) is 9.79 Å². The van der Waals surface area contributed by atoms with Crippen LogP contribution in [0, 0.1) is 0 Å². The van der Waals surface area contributed by atoms with Crippen molar-refractivity contribution in [3.05, 3.63) is 126 Å². The largest absolute Gasteiger partial charge is 0.463 e. The Hall–Kier alpha value is -3.99. The van der Waals surface area contributed by atoms with E-state index >= 15 is 0 Å². The summed E-state index contributed by atoms with van der Waals surface area (Å²) in [4.78, 5) is 31.8. The molecule has 11 heteroatoms.